The van der Waals surface area contributed by atoms with Crippen LogP contribution in [-0.4, -0.2) is 95.9 Å². The van der Waals surface area contributed by atoms with E-state index in [0.29, 0.717) is 19.3 Å². The normalized spacial score (nSPS) is 14.7. The van der Waals surface area contributed by atoms with Gasteiger partial charge < -0.3 is 34.2 Å². The number of rotatable bonds is 79. The van der Waals surface area contributed by atoms with Crippen molar-refractivity contribution < 1.29 is 75.8 Å². The molecule has 5 unspecified atom stereocenters. The molecule has 0 saturated heterocycles. The van der Waals surface area contributed by atoms with Gasteiger partial charge in [-0.3, -0.25) is 32.5 Å². The van der Waals surface area contributed by atoms with Gasteiger partial charge in [0.05, 0.1) is 26.4 Å². The number of allylic oxidation sites excluding steroid dienone is 28. The predicted octanol–water partition coefficient (Wildman–Crippen LogP) is 25.5. The average molecular weight is 1560 g/mol. The van der Waals surface area contributed by atoms with Crippen LogP contribution >= 0.6 is 15.6 Å². The number of hydrogen-bond donors (Lipinski definition) is 4. The van der Waals surface area contributed by atoms with Gasteiger partial charge in [-0.25, -0.2) is 9.13 Å². The Morgan fingerprint density at radius 2 is 0.459 bits per heavy atom. The number of hydrogen-bond acceptors (Lipinski definition) is 14. The molecule has 0 aliphatic rings. The van der Waals surface area contributed by atoms with Crippen LogP contribution in [0.15, 0.2) is 170 Å². The molecule has 622 valence electrons. The van der Waals surface area contributed by atoms with Gasteiger partial charge >= 0.3 is 33.6 Å². The Bertz CT molecular complexity index is 2660. The number of carbonyl (C=O) groups excluding carboxylic acids is 3. The van der Waals surface area contributed by atoms with Gasteiger partial charge in [0.2, 0.25) is 0 Å². The summed E-state index contributed by atoms with van der Waals surface area (Å²) in [5.41, 5.74) is 0. The molecule has 16 nitrogen and oxygen atoms in total. The first kappa shape index (κ1) is 104. The summed E-state index contributed by atoms with van der Waals surface area (Å²) in [6.07, 6.45) is 106. The molecule has 0 fully saturated rings. The van der Waals surface area contributed by atoms with Gasteiger partial charge in [-0.15, -0.1) is 0 Å². The van der Waals surface area contributed by atoms with E-state index < -0.39 is 91.5 Å². The van der Waals surface area contributed by atoms with E-state index in [1.807, 2.05) is 0 Å². The number of aliphatic hydroxyl groups is 2. The number of phosphoric ester groups is 2. The van der Waals surface area contributed by atoms with Crippen LogP contribution in [0.1, 0.15) is 329 Å². The SMILES string of the molecule is CC/C=C\C/C=C\C/C=C\C/C=C\C/C=C\CCCCCCCCCCCCCCCCCCCCCC(=O)OCC(O)COP(=O)(O)OCC(O)COP(=O)(O)OCC(COC(=O)CCCCCCC/C=C\C/C=C\C/C=C\C/C=C\C/C=C\CC)OC(=O)CCCCCC/C=C\C/C=C\C/C=C\C/C=C\CC. The molecule has 0 radical (unpaired) electrons. The van der Waals surface area contributed by atoms with Crippen molar-refractivity contribution in [3.63, 3.8) is 0 Å². The first-order chi connectivity index (χ1) is 53.2. The minimum Gasteiger partial charge on any atom is -0.463 e. The third-order valence-electron chi connectivity index (χ3n) is 17.4. The van der Waals surface area contributed by atoms with Gasteiger partial charge in [-0.1, -0.05) is 332 Å². The highest BCUT2D eigenvalue weighted by molar-refractivity contribution is 7.47. The van der Waals surface area contributed by atoms with Gasteiger partial charge in [-0.2, -0.15) is 0 Å². The molecule has 0 bridgehead atoms. The monoisotopic (exact) mass is 1560 g/mol. The number of esters is 3. The molecule has 0 aromatic heterocycles. The summed E-state index contributed by atoms with van der Waals surface area (Å²) in [6, 6.07) is 0. The van der Waals surface area contributed by atoms with E-state index in [-0.39, 0.29) is 19.3 Å². The highest BCUT2D eigenvalue weighted by Crippen LogP contribution is 2.45. The zero-order valence-electron chi connectivity index (χ0n) is 68.2. The Morgan fingerprint density at radius 1 is 0.257 bits per heavy atom. The van der Waals surface area contributed by atoms with E-state index in [1.165, 1.54) is 103 Å². The molecule has 0 heterocycles. The first-order valence-electron chi connectivity index (χ1n) is 42.4. The molecule has 0 rings (SSSR count). The van der Waals surface area contributed by atoms with Crippen LogP contribution < -0.4 is 0 Å². The zero-order valence-corrected chi connectivity index (χ0v) is 70.0. The maximum atomic E-state index is 13.0. The van der Waals surface area contributed by atoms with E-state index in [0.717, 1.165) is 167 Å². The van der Waals surface area contributed by atoms with Crippen LogP contribution in [0.25, 0.3) is 0 Å². The van der Waals surface area contributed by atoms with Gasteiger partial charge in [0.1, 0.15) is 25.4 Å². The van der Waals surface area contributed by atoms with Crippen LogP contribution in [0.3, 0.4) is 0 Å². The standard InChI is InChI=1S/C91H152O16P2/c1-4-7-10-13-16-19-22-25-28-31-33-35-36-37-38-39-40-41-42-43-44-45-46-47-48-50-52-54-56-59-62-65-68-71-74-77-89(94)101-80-86(92)81-103-108(97,98)104-82-87(93)83-105-109(99,100)106-85-88(107-91(96)79-76-73-70-67-64-61-58-53-30-27-24-21-18-15-12-9-6-3)84-102-90(95)78-75-72-69-66-63-60-57-55-51-49-34-32-29-26-23-20-17-14-11-8-5-2/h7-12,16-21,25-30,33-35,37-38,49,55,57-58,61,86-88,92-93H,4-6,13-15,22-24,31-32,36,39-48,50-54,56,59-60,62-85H2,1-3H3,(H,97,98)(H,99,100)/b10-7-,11-8-,12-9-,19-16-,20-17-,21-18-,28-25-,29-26-,30-27-,35-33-,38-37-,49-34-,57-55-,61-58-. The molecule has 4 N–H and O–H groups in total. The van der Waals surface area contributed by atoms with Crippen LogP contribution in [0, 0.1) is 0 Å². The van der Waals surface area contributed by atoms with Crippen molar-refractivity contribution in [2.45, 2.75) is 347 Å². The fourth-order valence-electron chi connectivity index (χ4n) is 11.1. The lowest BCUT2D eigenvalue weighted by molar-refractivity contribution is -0.161. The second kappa shape index (κ2) is 82.4. The summed E-state index contributed by atoms with van der Waals surface area (Å²) in [6.45, 7) is 2.30. The maximum Gasteiger partial charge on any atom is 0.472 e. The summed E-state index contributed by atoms with van der Waals surface area (Å²) < 4.78 is 61.2. The highest BCUT2D eigenvalue weighted by atomic mass is 31.2. The van der Waals surface area contributed by atoms with Crippen molar-refractivity contribution in [3.05, 3.63) is 170 Å². The predicted molar refractivity (Wildman–Crippen MR) is 454 cm³/mol. The van der Waals surface area contributed by atoms with Gasteiger partial charge in [0.15, 0.2) is 6.10 Å². The molecule has 0 aliphatic heterocycles. The largest absolute Gasteiger partial charge is 0.472 e. The van der Waals surface area contributed by atoms with Crippen LogP contribution in [-0.2, 0) is 55.8 Å². The lowest BCUT2D eigenvalue weighted by Crippen LogP contribution is -2.30. The fourth-order valence-corrected chi connectivity index (χ4v) is 12.7. The summed E-state index contributed by atoms with van der Waals surface area (Å²) in [5, 5.41) is 20.7. The molecule has 109 heavy (non-hydrogen) atoms. The smallest absolute Gasteiger partial charge is 0.463 e. The minimum atomic E-state index is -4.95. The first-order valence-corrected chi connectivity index (χ1v) is 45.4. The van der Waals surface area contributed by atoms with Gasteiger partial charge in [0.25, 0.3) is 0 Å². The van der Waals surface area contributed by atoms with Crippen LogP contribution in [0.4, 0.5) is 0 Å². The summed E-state index contributed by atoms with van der Waals surface area (Å²) in [4.78, 5) is 58.8. The van der Waals surface area contributed by atoms with E-state index >= 15 is 0 Å². The van der Waals surface area contributed by atoms with E-state index in [2.05, 4.69) is 191 Å². The molecule has 0 saturated carbocycles. The van der Waals surface area contributed by atoms with Gasteiger partial charge in [0, 0.05) is 19.3 Å². The molecule has 0 aromatic carbocycles. The van der Waals surface area contributed by atoms with Crippen molar-refractivity contribution in [1.29, 1.82) is 0 Å². The molecule has 0 amide bonds. The second-order valence-electron chi connectivity index (χ2n) is 27.8. The van der Waals surface area contributed by atoms with E-state index in [9.17, 15) is 43.5 Å². The van der Waals surface area contributed by atoms with Gasteiger partial charge in [-0.05, 0) is 148 Å². The summed E-state index contributed by atoms with van der Waals surface area (Å²) >= 11 is 0. The molecular weight excluding hydrogens is 1410 g/mol. The lowest BCUT2D eigenvalue weighted by Gasteiger charge is -2.21. The number of ether oxygens (including phenoxy) is 3. The molecule has 0 spiro atoms. The minimum absolute atomic E-state index is 0.0668. The topological polar surface area (TPSA) is 231 Å². The van der Waals surface area contributed by atoms with Crippen molar-refractivity contribution in [3.8, 4) is 0 Å². The van der Waals surface area contributed by atoms with Crippen molar-refractivity contribution >= 4 is 33.6 Å². The van der Waals surface area contributed by atoms with E-state index in [1.54, 1.807) is 0 Å². The Labute approximate surface area is 662 Å². The summed E-state index contributed by atoms with van der Waals surface area (Å²) in [5.74, 6) is -1.63. The third kappa shape index (κ3) is 83.7. The van der Waals surface area contributed by atoms with Crippen molar-refractivity contribution in [1.82, 2.24) is 0 Å². The van der Waals surface area contributed by atoms with Crippen molar-refractivity contribution in [2.75, 3.05) is 39.6 Å². The number of phosphoric acid groups is 2. The molecule has 18 heteroatoms. The maximum absolute atomic E-state index is 13.0. The quantitative estimate of drug-likeness (QED) is 0.0146. The molecule has 0 aromatic rings. The van der Waals surface area contributed by atoms with Crippen LogP contribution in [0.2, 0.25) is 0 Å². The zero-order chi connectivity index (χ0) is 79.4. The van der Waals surface area contributed by atoms with Crippen LogP contribution in [0.5, 0.6) is 0 Å². The molecular formula is C91H152O16P2. The van der Waals surface area contributed by atoms with Crippen molar-refractivity contribution in [2.24, 2.45) is 0 Å². The third-order valence-corrected chi connectivity index (χ3v) is 19.3. The Balaban J connectivity index is 4.48. The Morgan fingerprint density at radius 3 is 0.725 bits per heavy atom. The molecule has 0 aliphatic carbocycles. The number of unbranched alkanes of at least 4 members (excludes halogenated alkanes) is 28. The number of aliphatic hydroxyl groups excluding tert-OH is 2. The fraction of sp³-hybridized carbons (Fsp3) is 0.659. The summed E-state index contributed by atoms with van der Waals surface area (Å²) in [7, 11) is -9.82. The lowest BCUT2D eigenvalue weighted by atomic mass is 10.0. The average Bonchev–Trinajstić information content (AvgIpc) is 0.912. The Kier molecular flexibility index (Phi) is 78.5. The Hall–Kier alpha value is -5.09. The number of carbonyl (C=O) groups is 3. The second-order valence-corrected chi connectivity index (χ2v) is 30.7. The molecule has 5 atom stereocenters. The van der Waals surface area contributed by atoms with E-state index in [4.69, 9.17) is 32.3 Å². The highest BCUT2D eigenvalue weighted by Gasteiger charge is 2.29.